The molecule has 2 atom stereocenters. The van der Waals surface area contributed by atoms with Gasteiger partial charge in [-0.3, -0.25) is 14.4 Å². The van der Waals surface area contributed by atoms with Gasteiger partial charge in [0.2, 0.25) is 5.91 Å². The van der Waals surface area contributed by atoms with Crippen molar-refractivity contribution in [3.63, 3.8) is 0 Å². The van der Waals surface area contributed by atoms with Gasteiger partial charge >= 0.3 is 11.8 Å². The number of nitrogens with one attached hydrogen (secondary N) is 2. The van der Waals surface area contributed by atoms with Crippen LogP contribution < -0.4 is 20.3 Å². The highest BCUT2D eigenvalue weighted by Crippen LogP contribution is 2.28. The monoisotopic (exact) mass is 551 g/mol. The molecule has 11 heteroatoms. The van der Waals surface area contributed by atoms with Crippen molar-refractivity contribution < 1.29 is 28.3 Å². The third kappa shape index (κ3) is 7.50. The van der Waals surface area contributed by atoms with Crippen molar-refractivity contribution in [2.45, 2.75) is 44.8 Å². The van der Waals surface area contributed by atoms with Crippen molar-refractivity contribution in [1.29, 1.82) is 0 Å². The average molecular weight is 552 g/mol. The van der Waals surface area contributed by atoms with Gasteiger partial charge in [0.15, 0.2) is 6.39 Å². The van der Waals surface area contributed by atoms with Crippen LogP contribution in [0.2, 0.25) is 0 Å². The molecule has 3 amide bonds. The zero-order chi connectivity index (χ0) is 28.7. The van der Waals surface area contributed by atoms with E-state index in [1.54, 1.807) is 32.4 Å². The van der Waals surface area contributed by atoms with E-state index < -0.39 is 17.4 Å². The molecule has 0 spiro atoms. The largest absolute Gasteiger partial charge is 0.494 e. The predicted octanol–water partition coefficient (Wildman–Crippen LogP) is 2.38. The summed E-state index contributed by atoms with van der Waals surface area (Å²) in [5.41, 5.74) is 0.879. The first-order chi connectivity index (χ1) is 19.1. The molecule has 1 saturated heterocycles. The number of carbonyl (C=O) groups excluding carboxylic acids is 3. The Labute approximate surface area is 234 Å². The summed E-state index contributed by atoms with van der Waals surface area (Å²) in [6, 6.07) is 7.84. The van der Waals surface area contributed by atoms with E-state index in [1.165, 1.54) is 6.39 Å². The molecule has 1 aliphatic carbocycles. The highest BCUT2D eigenvalue weighted by Gasteiger charge is 2.28. The van der Waals surface area contributed by atoms with E-state index in [0.717, 1.165) is 37.6 Å². The number of rotatable bonds is 9. The van der Waals surface area contributed by atoms with E-state index in [-0.39, 0.29) is 17.9 Å². The number of ether oxygens (including phenoxy) is 2. The SMILES string of the molecule is COC1C=C(NC(=O)C(=O)NC(C)(C)CCOc2ccc(N3CCN(C(C)=O)CC3)cc2)C=CC1c1cnco1. The molecule has 0 radical (unpaired) electrons. The molecule has 1 aromatic heterocycles. The second-order valence-corrected chi connectivity index (χ2v) is 10.5. The molecule has 214 valence electrons. The third-order valence-corrected chi connectivity index (χ3v) is 7.07. The number of hydrogen-bond acceptors (Lipinski definition) is 8. The number of benzene rings is 1. The maximum Gasteiger partial charge on any atom is 0.313 e. The molecular weight excluding hydrogens is 514 g/mol. The van der Waals surface area contributed by atoms with Crippen molar-refractivity contribution in [1.82, 2.24) is 20.5 Å². The van der Waals surface area contributed by atoms with Crippen LogP contribution in [0.25, 0.3) is 0 Å². The van der Waals surface area contributed by atoms with Crippen LogP contribution >= 0.6 is 0 Å². The summed E-state index contributed by atoms with van der Waals surface area (Å²) in [6.45, 7) is 8.68. The lowest BCUT2D eigenvalue weighted by Gasteiger charge is -2.35. The molecule has 40 heavy (non-hydrogen) atoms. The van der Waals surface area contributed by atoms with Gasteiger partial charge in [-0.1, -0.05) is 6.08 Å². The van der Waals surface area contributed by atoms with Crippen molar-refractivity contribution in [3.05, 3.63) is 66.5 Å². The number of hydrogen-bond donors (Lipinski definition) is 2. The Morgan fingerprint density at radius 1 is 1.10 bits per heavy atom. The second-order valence-electron chi connectivity index (χ2n) is 10.5. The number of piperazine rings is 1. The number of aromatic nitrogens is 1. The van der Waals surface area contributed by atoms with Crippen molar-refractivity contribution in [3.8, 4) is 5.75 Å². The van der Waals surface area contributed by atoms with Crippen LogP contribution in [0.15, 0.2) is 65.2 Å². The van der Waals surface area contributed by atoms with Gasteiger partial charge in [-0.15, -0.1) is 0 Å². The van der Waals surface area contributed by atoms with Gasteiger partial charge in [-0.05, 0) is 50.3 Å². The van der Waals surface area contributed by atoms with Gasteiger partial charge in [0.05, 0.1) is 24.8 Å². The maximum atomic E-state index is 12.6. The van der Waals surface area contributed by atoms with E-state index >= 15 is 0 Å². The molecule has 0 bridgehead atoms. The maximum absolute atomic E-state index is 12.6. The van der Waals surface area contributed by atoms with Crippen LogP contribution in [0.5, 0.6) is 5.75 Å². The van der Waals surface area contributed by atoms with Crippen molar-refractivity contribution >= 4 is 23.4 Å². The Hall–Kier alpha value is -4.12. The first-order valence-electron chi connectivity index (χ1n) is 13.3. The summed E-state index contributed by atoms with van der Waals surface area (Å²) in [5, 5.41) is 5.42. The summed E-state index contributed by atoms with van der Waals surface area (Å²) in [5.74, 6) is -0.206. The molecule has 2 aromatic rings. The van der Waals surface area contributed by atoms with Gasteiger partial charge in [-0.2, -0.15) is 0 Å². The molecular formula is C29H37N5O6. The van der Waals surface area contributed by atoms with E-state index in [9.17, 15) is 14.4 Å². The van der Waals surface area contributed by atoms with Crippen LogP contribution in [0, 0.1) is 0 Å². The lowest BCUT2D eigenvalue weighted by molar-refractivity contribution is -0.139. The van der Waals surface area contributed by atoms with Gasteiger partial charge in [0.25, 0.3) is 0 Å². The van der Waals surface area contributed by atoms with E-state index in [1.807, 2.05) is 49.1 Å². The van der Waals surface area contributed by atoms with E-state index in [2.05, 4.69) is 20.5 Å². The Kier molecular flexibility index (Phi) is 9.26. The number of methoxy groups -OCH3 is 1. The summed E-state index contributed by atoms with van der Waals surface area (Å²) in [6.07, 6.45) is 8.37. The number of oxazole rings is 1. The van der Waals surface area contributed by atoms with Gasteiger partial charge in [0.1, 0.15) is 11.5 Å². The zero-order valence-electron chi connectivity index (χ0n) is 23.4. The normalized spacial score (nSPS) is 19.1. The van der Waals surface area contributed by atoms with Crippen molar-refractivity contribution in [2.75, 3.05) is 44.8 Å². The fraction of sp³-hybridized carbons (Fsp3) is 0.448. The standard InChI is InChI=1S/C29H37N5O6/c1-20(35)33-12-14-34(15-13-33)22-6-8-23(9-7-22)39-16-11-29(2,3)32-28(37)27(36)31-21-5-10-24(25(17-21)38-4)26-18-30-19-40-26/h5-10,17-19,24-25H,11-16H2,1-4H3,(H,31,36)(H,32,37). The minimum atomic E-state index is -0.766. The minimum Gasteiger partial charge on any atom is -0.494 e. The number of amides is 3. The van der Waals surface area contributed by atoms with Crippen LogP contribution in [-0.2, 0) is 19.1 Å². The molecule has 2 unspecified atom stereocenters. The first-order valence-corrected chi connectivity index (χ1v) is 13.3. The topological polar surface area (TPSA) is 126 Å². The highest BCUT2D eigenvalue weighted by atomic mass is 16.5. The van der Waals surface area contributed by atoms with Gasteiger partial charge in [0, 0.05) is 63.6 Å². The lowest BCUT2D eigenvalue weighted by atomic mass is 9.94. The lowest BCUT2D eigenvalue weighted by Crippen LogP contribution is -2.50. The van der Waals surface area contributed by atoms with Gasteiger partial charge < -0.3 is 34.3 Å². The number of anilines is 1. The van der Waals surface area contributed by atoms with E-state index in [0.29, 0.717) is 24.5 Å². The fourth-order valence-corrected chi connectivity index (χ4v) is 4.67. The van der Waals surface area contributed by atoms with Crippen molar-refractivity contribution in [2.24, 2.45) is 0 Å². The second kappa shape index (κ2) is 12.8. The number of nitrogens with zero attached hydrogens (tertiary/aromatic N) is 3. The molecule has 1 fully saturated rings. The number of carbonyl (C=O) groups is 3. The van der Waals surface area contributed by atoms with Crippen LogP contribution in [0.4, 0.5) is 5.69 Å². The smallest absolute Gasteiger partial charge is 0.313 e. The molecule has 0 saturated carbocycles. The molecule has 2 heterocycles. The fourth-order valence-electron chi connectivity index (χ4n) is 4.67. The molecule has 4 rings (SSSR count). The molecule has 2 N–H and O–H groups in total. The summed E-state index contributed by atoms with van der Waals surface area (Å²) in [4.78, 5) is 44.8. The number of allylic oxidation sites excluding steroid dienone is 1. The summed E-state index contributed by atoms with van der Waals surface area (Å²) < 4.78 is 16.8. The highest BCUT2D eigenvalue weighted by molar-refractivity contribution is 6.35. The Bertz CT molecular complexity index is 1230. The molecule has 11 nitrogen and oxygen atoms in total. The minimum absolute atomic E-state index is 0.111. The molecule has 2 aliphatic rings. The Morgan fingerprint density at radius 2 is 1.82 bits per heavy atom. The summed E-state index contributed by atoms with van der Waals surface area (Å²) >= 11 is 0. The van der Waals surface area contributed by atoms with E-state index in [4.69, 9.17) is 13.9 Å². The third-order valence-electron chi connectivity index (χ3n) is 7.07. The first kappa shape index (κ1) is 28.9. The van der Waals surface area contributed by atoms with Crippen LogP contribution in [-0.4, -0.2) is 79.1 Å². The zero-order valence-corrected chi connectivity index (χ0v) is 23.4. The Balaban J connectivity index is 1.21. The van der Waals surface area contributed by atoms with Crippen LogP contribution in [0.1, 0.15) is 38.9 Å². The molecule has 1 aromatic carbocycles. The van der Waals surface area contributed by atoms with Gasteiger partial charge in [-0.25, -0.2) is 4.98 Å². The average Bonchev–Trinajstić information content (AvgIpc) is 3.48. The van der Waals surface area contributed by atoms with Crippen LogP contribution in [0.3, 0.4) is 0 Å². The predicted molar refractivity (Wildman–Crippen MR) is 149 cm³/mol. The quantitative estimate of drug-likeness (QED) is 0.455. The summed E-state index contributed by atoms with van der Waals surface area (Å²) in [7, 11) is 1.56. The Morgan fingerprint density at radius 3 is 2.45 bits per heavy atom. The molecule has 1 aliphatic heterocycles.